The van der Waals surface area contributed by atoms with Gasteiger partial charge < -0.3 is 10.6 Å². The summed E-state index contributed by atoms with van der Waals surface area (Å²) in [5.41, 5.74) is 7.48. The van der Waals surface area contributed by atoms with E-state index in [4.69, 9.17) is 11.1 Å². The van der Waals surface area contributed by atoms with Crippen molar-refractivity contribution in [2.24, 2.45) is 5.73 Å². The Morgan fingerprint density at radius 2 is 2.00 bits per heavy atom. The molecule has 0 saturated heterocycles. The SMILES string of the molecule is CCN(c1ccc(C(=N)N)c(Br)c1)c1ccccc1F. The average Bonchev–Trinajstić information content (AvgIpc) is 2.41. The van der Waals surface area contributed by atoms with Crippen LogP contribution >= 0.6 is 15.9 Å². The van der Waals surface area contributed by atoms with E-state index in [-0.39, 0.29) is 11.7 Å². The molecule has 3 nitrogen and oxygen atoms in total. The maximum absolute atomic E-state index is 13.9. The van der Waals surface area contributed by atoms with E-state index in [1.165, 1.54) is 6.07 Å². The predicted octanol–water partition coefficient (Wildman–Crippen LogP) is 4.03. The molecule has 0 aliphatic rings. The van der Waals surface area contributed by atoms with Crippen molar-refractivity contribution >= 4 is 33.1 Å². The summed E-state index contributed by atoms with van der Waals surface area (Å²) in [6, 6.07) is 12.1. The minimum absolute atomic E-state index is 0.00244. The Balaban J connectivity index is 2.46. The van der Waals surface area contributed by atoms with Gasteiger partial charge in [-0.25, -0.2) is 4.39 Å². The number of nitrogens with zero attached hydrogens (tertiary/aromatic N) is 1. The smallest absolute Gasteiger partial charge is 0.146 e. The van der Waals surface area contributed by atoms with Crippen LogP contribution in [-0.4, -0.2) is 12.4 Å². The first kappa shape index (κ1) is 14.5. The standard InChI is InChI=1S/C15H15BrFN3/c1-2-20(14-6-4-3-5-13(14)17)10-7-8-11(15(18)19)12(16)9-10/h3-9H,2H2,1H3,(H3,18,19). The molecule has 2 rings (SSSR count). The predicted molar refractivity (Wildman–Crippen MR) is 84.2 cm³/mol. The lowest BCUT2D eigenvalue weighted by molar-refractivity contribution is 0.625. The Labute approximate surface area is 125 Å². The molecule has 20 heavy (non-hydrogen) atoms. The fourth-order valence-corrected chi connectivity index (χ4v) is 2.63. The van der Waals surface area contributed by atoms with E-state index in [9.17, 15) is 4.39 Å². The molecule has 0 aliphatic heterocycles. The summed E-state index contributed by atoms with van der Waals surface area (Å²) < 4.78 is 14.6. The summed E-state index contributed by atoms with van der Waals surface area (Å²) >= 11 is 3.40. The molecule has 0 heterocycles. The molecule has 0 radical (unpaired) electrons. The third kappa shape index (κ3) is 2.82. The zero-order valence-corrected chi connectivity index (χ0v) is 12.6. The lowest BCUT2D eigenvalue weighted by Crippen LogP contribution is -2.18. The summed E-state index contributed by atoms with van der Waals surface area (Å²) in [5.74, 6) is -0.265. The number of rotatable bonds is 4. The summed E-state index contributed by atoms with van der Waals surface area (Å²) in [6.07, 6.45) is 0. The molecule has 0 bridgehead atoms. The minimum atomic E-state index is -0.263. The van der Waals surface area contributed by atoms with Crippen LogP contribution in [0.25, 0.3) is 0 Å². The van der Waals surface area contributed by atoms with Crippen molar-refractivity contribution in [3.63, 3.8) is 0 Å². The number of halogens is 2. The molecule has 3 N–H and O–H groups in total. The van der Waals surface area contributed by atoms with Crippen LogP contribution in [0.2, 0.25) is 0 Å². The van der Waals surface area contributed by atoms with Crippen molar-refractivity contribution in [1.82, 2.24) is 0 Å². The topological polar surface area (TPSA) is 53.1 Å². The van der Waals surface area contributed by atoms with Gasteiger partial charge in [-0.15, -0.1) is 0 Å². The van der Waals surface area contributed by atoms with E-state index in [1.54, 1.807) is 24.3 Å². The Kier molecular flexibility index (Phi) is 4.39. The highest BCUT2D eigenvalue weighted by Gasteiger charge is 2.13. The van der Waals surface area contributed by atoms with Crippen LogP contribution in [0, 0.1) is 11.2 Å². The van der Waals surface area contributed by atoms with Gasteiger partial charge in [-0.3, -0.25) is 5.41 Å². The van der Waals surface area contributed by atoms with Crippen molar-refractivity contribution in [1.29, 1.82) is 5.41 Å². The molecule has 0 amide bonds. The van der Waals surface area contributed by atoms with Crippen LogP contribution in [0.1, 0.15) is 12.5 Å². The van der Waals surface area contributed by atoms with Gasteiger partial charge >= 0.3 is 0 Å². The van der Waals surface area contributed by atoms with Gasteiger partial charge in [0.15, 0.2) is 0 Å². The zero-order valence-electron chi connectivity index (χ0n) is 11.0. The van der Waals surface area contributed by atoms with Crippen molar-refractivity contribution in [3.05, 3.63) is 58.3 Å². The molecule has 0 aromatic heterocycles. The number of benzene rings is 2. The molecular weight excluding hydrogens is 321 g/mol. The maximum atomic E-state index is 13.9. The van der Waals surface area contributed by atoms with Crippen LogP contribution in [-0.2, 0) is 0 Å². The van der Waals surface area contributed by atoms with E-state index in [2.05, 4.69) is 15.9 Å². The lowest BCUT2D eigenvalue weighted by atomic mass is 10.1. The summed E-state index contributed by atoms with van der Waals surface area (Å²) in [6.45, 7) is 2.59. The molecule has 0 atom stereocenters. The number of amidine groups is 1. The number of hydrogen-bond donors (Lipinski definition) is 2. The Hall–Kier alpha value is -1.88. The normalized spacial score (nSPS) is 10.3. The van der Waals surface area contributed by atoms with Gasteiger partial charge in [0.25, 0.3) is 0 Å². The van der Waals surface area contributed by atoms with Crippen LogP contribution in [0.15, 0.2) is 46.9 Å². The van der Waals surface area contributed by atoms with E-state index in [1.807, 2.05) is 24.0 Å². The summed E-state index contributed by atoms with van der Waals surface area (Å²) in [7, 11) is 0. The Morgan fingerprint density at radius 1 is 1.30 bits per heavy atom. The number of para-hydroxylation sites is 1. The van der Waals surface area contributed by atoms with E-state index < -0.39 is 0 Å². The lowest BCUT2D eigenvalue weighted by Gasteiger charge is -2.24. The van der Waals surface area contributed by atoms with Crippen molar-refractivity contribution in [3.8, 4) is 0 Å². The van der Waals surface area contributed by atoms with Gasteiger partial charge in [0, 0.05) is 22.3 Å². The fourth-order valence-electron chi connectivity index (χ4n) is 2.05. The molecule has 0 aliphatic carbocycles. The summed E-state index contributed by atoms with van der Waals surface area (Å²) in [5, 5.41) is 7.47. The van der Waals surface area contributed by atoms with Crippen molar-refractivity contribution < 1.29 is 4.39 Å². The van der Waals surface area contributed by atoms with Crippen molar-refractivity contribution in [2.45, 2.75) is 6.92 Å². The van der Waals surface area contributed by atoms with Crippen LogP contribution < -0.4 is 10.6 Å². The monoisotopic (exact) mass is 335 g/mol. The molecule has 5 heteroatoms. The number of hydrogen-bond acceptors (Lipinski definition) is 2. The third-order valence-corrected chi connectivity index (χ3v) is 3.67. The van der Waals surface area contributed by atoms with Crippen LogP contribution in [0.3, 0.4) is 0 Å². The van der Waals surface area contributed by atoms with Gasteiger partial charge in [0.2, 0.25) is 0 Å². The molecule has 104 valence electrons. The molecule has 0 fully saturated rings. The number of nitrogens with two attached hydrogens (primary N) is 1. The second-order valence-electron chi connectivity index (χ2n) is 4.27. The Bertz CT molecular complexity index is 643. The highest BCUT2D eigenvalue weighted by Crippen LogP contribution is 2.30. The quantitative estimate of drug-likeness (QED) is 0.654. The summed E-state index contributed by atoms with van der Waals surface area (Å²) in [4.78, 5) is 1.87. The fraction of sp³-hybridized carbons (Fsp3) is 0.133. The molecule has 2 aromatic carbocycles. The van der Waals surface area contributed by atoms with Crippen LogP contribution in [0.4, 0.5) is 15.8 Å². The minimum Gasteiger partial charge on any atom is -0.384 e. The molecule has 2 aromatic rings. The molecule has 0 saturated carbocycles. The first-order chi connectivity index (χ1) is 9.54. The molecule has 0 unspecified atom stereocenters. The second-order valence-corrected chi connectivity index (χ2v) is 5.13. The van der Waals surface area contributed by atoms with Gasteiger partial charge in [-0.2, -0.15) is 0 Å². The highest BCUT2D eigenvalue weighted by molar-refractivity contribution is 9.10. The number of nitrogens with one attached hydrogen (secondary N) is 1. The highest BCUT2D eigenvalue weighted by atomic mass is 79.9. The Morgan fingerprint density at radius 3 is 2.55 bits per heavy atom. The maximum Gasteiger partial charge on any atom is 0.146 e. The van der Waals surface area contributed by atoms with Crippen LogP contribution in [0.5, 0.6) is 0 Å². The second kappa shape index (κ2) is 6.05. The van der Waals surface area contributed by atoms with Gasteiger partial charge in [0.1, 0.15) is 11.7 Å². The third-order valence-electron chi connectivity index (χ3n) is 3.01. The van der Waals surface area contributed by atoms with E-state index in [0.29, 0.717) is 17.8 Å². The largest absolute Gasteiger partial charge is 0.384 e. The van der Waals surface area contributed by atoms with Gasteiger partial charge in [0.05, 0.1) is 5.69 Å². The first-order valence-electron chi connectivity index (χ1n) is 6.20. The number of nitrogen functional groups attached to an aromatic ring is 1. The van der Waals surface area contributed by atoms with E-state index in [0.717, 1.165) is 10.2 Å². The van der Waals surface area contributed by atoms with E-state index >= 15 is 0 Å². The number of anilines is 2. The van der Waals surface area contributed by atoms with Crippen molar-refractivity contribution in [2.75, 3.05) is 11.4 Å². The molecular formula is C15H15BrFN3. The van der Waals surface area contributed by atoms with Gasteiger partial charge in [-0.1, -0.05) is 12.1 Å². The average molecular weight is 336 g/mol. The van der Waals surface area contributed by atoms with Gasteiger partial charge in [-0.05, 0) is 53.2 Å². The zero-order chi connectivity index (χ0) is 14.7. The molecule has 0 spiro atoms. The first-order valence-corrected chi connectivity index (χ1v) is 7.00.